The Morgan fingerprint density at radius 3 is 2.00 bits per heavy atom. The van der Waals surface area contributed by atoms with Gasteiger partial charge in [-0.1, -0.05) is 6.07 Å². The first kappa shape index (κ1) is 19.3. The van der Waals surface area contributed by atoms with Crippen LogP contribution in [0.5, 0.6) is 0 Å². The molecule has 0 radical (unpaired) electrons. The highest BCUT2D eigenvalue weighted by molar-refractivity contribution is 7.89. The van der Waals surface area contributed by atoms with E-state index in [9.17, 15) is 13.2 Å². The second kappa shape index (κ2) is 7.64. The summed E-state index contributed by atoms with van der Waals surface area (Å²) in [4.78, 5) is 19.2. The third-order valence-corrected chi connectivity index (χ3v) is 7.22. The van der Waals surface area contributed by atoms with Gasteiger partial charge in [-0.25, -0.2) is 8.42 Å². The van der Waals surface area contributed by atoms with Crippen molar-refractivity contribution in [2.24, 2.45) is 0 Å². The van der Waals surface area contributed by atoms with E-state index in [2.05, 4.69) is 9.80 Å². The molecule has 1 aromatic carbocycles. The Hall–Kier alpha value is -1.48. The van der Waals surface area contributed by atoms with Crippen LogP contribution in [-0.2, 0) is 10.0 Å². The van der Waals surface area contributed by atoms with E-state index in [1.807, 2.05) is 25.9 Å². The number of amides is 1. The van der Waals surface area contributed by atoms with Gasteiger partial charge in [-0.15, -0.1) is 0 Å². The average Bonchev–Trinajstić information content (AvgIpc) is 2.62. The second-order valence-corrected chi connectivity index (χ2v) is 9.22. The molecule has 0 atom stereocenters. The molecule has 2 heterocycles. The lowest BCUT2D eigenvalue weighted by atomic mass is 10.1. The van der Waals surface area contributed by atoms with Gasteiger partial charge in [0.2, 0.25) is 10.0 Å². The lowest BCUT2D eigenvalue weighted by molar-refractivity contribution is 0.0663. The summed E-state index contributed by atoms with van der Waals surface area (Å²) in [6.07, 6.45) is 0. The fourth-order valence-electron chi connectivity index (χ4n) is 3.35. The van der Waals surface area contributed by atoms with Crippen LogP contribution in [0, 0.1) is 6.92 Å². The minimum Gasteiger partial charge on any atom is -0.336 e. The van der Waals surface area contributed by atoms with E-state index < -0.39 is 10.0 Å². The molecule has 144 valence electrons. The Balaban J connectivity index is 1.84. The third-order valence-electron chi connectivity index (χ3n) is 5.33. The van der Waals surface area contributed by atoms with Crippen molar-refractivity contribution in [1.82, 2.24) is 19.0 Å². The van der Waals surface area contributed by atoms with Gasteiger partial charge >= 0.3 is 0 Å². The molecule has 0 aliphatic carbocycles. The number of hydrogen-bond acceptors (Lipinski definition) is 5. The molecule has 2 aliphatic heterocycles. The van der Waals surface area contributed by atoms with Crippen molar-refractivity contribution in [2.75, 3.05) is 66.5 Å². The maximum atomic E-state index is 13.0. The number of carbonyl (C=O) groups excluding carboxylic acids is 1. The Labute approximate surface area is 156 Å². The van der Waals surface area contributed by atoms with Gasteiger partial charge in [0, 0.05) is 57.9 Å². The van der Waals surface area contributed by atoms with E-state index in [1.54, 1.807) is 18.2 Å². The zero-order chi connectivity index (χ0) is 18.9. The van der Waals surface area contributed by atoms with Crippen LogP contribution >= 0.6 is 0 Å². The Morgan fingerprint density at radius 2 is 1.42 bits per heavy atom. The standard InChI is InChI=1S/C18H28N4O3S/c1-15-4-5-16(26(24,25)22-12-8-20(3)9-13-22)14-17(15)18(23)21-10-6-19(2)7-11-21/h4-5,14H,6-13H2,1-3H3. The molecule has 2 saturated heterocycles. The molecule has 1 aromatic rings. The van der Waals surface area contributed by atoms with Crippen molar-refractivity contribution >= 4 is 15.9 Å². The zero-order valence-corrected chi connectivity index (χ0v) is 16.6. The zero-order valence-electron chi connectivity index (χ0n) is 15.8. The molecule has 0 spiro atoms. The van der Waals surface area contributed by atoms with E-state index in [1.165, 1.54) is 4.31 Å². The highest BCUT2D eigenvalue weighted by Crippen LogP contribution is 2.22. The average molecular weight is 381 g/mol. The molecule has 3 rings (SSSR count). The molecule has 26 heavy (non-hydrogen) atoms. The summed E-state index contributed by atoms with van der Waals surface area (Å²) in [7, 11) is 0.457. The van der Waals surface area contributed by atoms with Gasteiger partial charge in [-0.05, 0) is 38.7 Å². The fourth-order valence-corrected chi connectivity index (χ4v) is 4.80. The van der Waals surface area contributed by atoms with Crippen LogP contribution in [-0.4, -0.2) is 99.8 Å². The first-order valence-corrected chi connectivity index (χ1v) is 10.5. The molecule has 1 amide bonds. The Bertz CT molecular complexity index is 765. The van der Waals surface area contributed by atoms with Crippen LogP contribution < -0.4 is 0 Å². The minimum atomic E-state index is -3.57. The number of sulfonamides is 1. The molecule has 0 N–H and O–H groups in total. The van der Waals surface area contributed by atoms with Gasteiger partial charge in [-0.3, -0.25) is 4.79 Å². The molecular formula is C18H28N4O3S. The first-order valence-electron chi connectivity index (χ1n) is 9.06. The molecular weight excluding hydrogens is 352 g/mol. The number of likely N-dealkylation sites (N-methyl/N-ethyl adjacent to an activating group) is 2. The lowest BCUT2D eigenvalue weighted by Crippen LogP contribution is -2.47. The van der Waals surface area contributed by atoms with E-state index >= 15 is 0 Å². The van der Waals surface area contributed by atoms with E-state index in [-0.39, 0.29) is 10.8 Å². The quantitative estimate of drug-likeness (QED) is 0.756. The number of hydrogen-bond donors (Lipinski definition) is 0. The Kier molecular flexibility index (Phi) is 5.67. The van der Waals surface area contributed by atoms with Crippen molar-refractivity contribution in [3.05, 3.63) is 29.3 Å². The van der Waals surface area contributed by atoms with Gasteiger partial charge in [0.1, 0.15) is 0 Å². The topological polar surface area (TPSA) is 64.2 Å². The number of rotatable bonds is 3. The van der Waals surface area contributed by atoms with Crippen LogP contribution in [0.15, 0.2) is 23.1 Å². The number of nitrogens with zero attached hydrogens (tertiary/aromatic N) is 4. The molecule has 0 unspecified atom stereocenters. The molecule has 8 heteroatoms. The maximum absolute atomic E-state index is 13.0. The second-order valence-electron chi connectivity index (χ2n) is 7.28. The summed E-state index contributed by atoms with van der Waals surface area (Å²) in [6.45, 7) is 7.28. The van der Waals surface area contributed by atoms with Crippen LogP contribution in [0.4, 0.5) is 0 Å². The summed E-state index contributed by atoms with van der Waals surface area (Å²) in [5.41, 5.74) is 1.30. The predicted molar refractivity (Wildman–Crippen MR) is 101 cm³/mol. The number of piperazine rings is 2. The number of carbonyl (C=O) groups is 1. The number of benzene rings is 1. The normalized spacial score (nSPS) is 21.1. The van der Waals surface area contributed by atoms with Crippen molar-refractivity contribution in [1.29, 1.82) is 0 Å². The van der Waals surface area contributed by atoms with Crippen LogP contribution in [0.1, 0.15) is 15.9 Å². The first-order chi connectivity index (χ1) is 12.3. The van der Waals surface area contributed by atoms with E-state index in [0.29, 0.717) is 31.7 Å². The van der Waals surface area contributed by atoms with Crippen LogP contribution in [0.3, 0.4) is 0 Å². The van der Waals surface area contributed by atoms with Crippen molar-refractivity contribution in [3.8, 4) is 0 Å². The summed E-state index contributed by atoms with van der Waals surface area (Å²) >= 11 is 0. The fraction of sp³-hybridized carbons (Fsp3) is 0.611. The molecule has 2 fully saturated rings. The molecule has 0 aromatic heterocycles. The van der Waals surface area contributed by atoms with Crippen molar-refractivity contribution in [2.45, 2.75) is 11.8 Å². The molecule has 2 aliphatic rings. The SMILES string of the molecule is Cc1ccc(S(=O)(=O)N2CCN(C)CC2)cc1C(=O)N1CCN(C)CC1. The van der Waals surface area contributed by atoms with Crippen molar-refractivity contribution in [3.63, 3.8) is 0 Å². The minimum absolute atomic E-state index is 0.0778. The monoisotopic (exact) mass is 380 g/mol. The van der Waals surface area contributed by atoms with E-state index in [4.69, 9.17) is 0 Å². The van der Waals surface area contributed by atoms with Gasteiger partial charge in [0.05, 0.1) is 4.90 Å². The highest BCUT2D eigenvalue weighted by Gasteiger charge is 2.29. The summed E-state index contributed by atoms with van der Waals surface area (Å²) in [5, 5.41) is 0. The largest absolute Gasteiger partial charge is 0.336 e. The smallest absolute Gasteiger partial charge is 0.254 e. The highest BCUT2D eigenvalue weighted by atomic mass is 32.2. The van der Waals surface area contributed by atoms with Gasteiger partial charge in [0.25, 0.3) is 5.91 Å². The maximum Gasteiger partial charge on any atom is 0.254 e. The van der Waals surface area contributed by atoms with Crippen LogP contribution in [0.2, 0.25) is 0 Å². The molecule has 7 nitrogen and oxygen atoms in total. The summed E-state index contributed by atoms with van der Waals surface area (Å²) < 4.78 is 27.5. The summed E-state index contributed by atoms with van der Waals surface area (Å²) in [5.74, 6) is -0.0778. The Morgan fingerprint density at radius 1 is 0.885 bits per heavy atom. The lowest BCUT2D eigenvalue weighted by Gasteiger charge is -2.33. The summed E-state index contributed by atoms with van der Waals surface area (Å²) in [6, 6.07) is 4.92. The molecule has 0 bridgehead atoms. The van der Waals surface area contributed by atoms with Gasteiger partial charge in [-0.2, -0.15) is 4.31 Å². The van der Waals surface area contributed by atoms with Crippen molar-refractivity contribution < 1.29 is 13.2 Å². The van der Waals surface area contributed by atoms with Gasteiger partial charge < -0.3 is 14.7 Å². The predicted octanol–water partition coefficient (Wildman–Crippen LogP) is 0.319. The number of aryl methyl sites for hydroxylation is 1. The van der Waals surface area contributed by atoms with Gasteiger partial charge in [0.15, 0.2) is 0 Å². The third kappa shape index (κ3) is 3.93. The molecule has 0 saturated carbocycles. The van der Waals surface area contributed by atoms with Crippen LogP contribution in [0.25, 0.3) is 0 Å². The van der Waals surface area contributed by atoms with E-state index in [0.717, 1.165) is 31.7 Å².